The first-order chi connectivity index (χ1) is 38.5. The molecule has 0 aliphatic rings. The van der Waals surface area contributed by atoms with Crippen LogP contribution >= 0.6 is 0 Å². The maximum Gasteiger partial charge on any atom is 0.118 e. The third kappa shape index (κ3) is 12.0. The predicted octanol–water partition coefficient (Wildman–Crippen LogP) is 18.0. The Balaban J connectivity index is 0.969. The Morgan fingerprint density at radius 1 is 0.269 bits per heavy atom. The summed E-state index contributed by atoms with van der Waals surface area (Å²) in [5.41, 5.74) is 20.1. The molecule has 0 unspecified atom stereocenters. The first-order valence-corrected chi connectivity index (χ1v) is 25.8. The standard InChI is InChI=1S/C74H54N2O2/c1-77-69-45-41-57(42-46-69)67(51-75)49-55-29-37-65(38-30-55)73(61-19-11-5-12-20-61)71(59-15-7-3-8-16-59)63-33-25-53(26-34-63)23-24-54-27-35-64(36-28-54)72(60-17-9-4-10-18-60)74(62-21-13-6-14-22-62)66-39-31-56(32-40-66)50-68(52-76)58-43-47-70(78-2)48-44-58/h3-50H,1-2H3/b24-23+,67-49+,68-50+,73-71+,74-72+. The summed E-state index contributed by atoms with van der Waals surface area (Å²) >= 11 is 0. The van der Waals surface area contributed by atoms with Crippen molar-refractivity contribution in [2.75, 3.05) is 14.2 Å². The number of allylic oxidation sites excluding steroid dienone is 2. The molecule has 10 rings (SSSR count). The second kappa shape index (κ2) is 24.7. The van der Waals surface area contributed by atoms with Gasteiger partial charge in [0.1, 0.15) is 11.5 Å². The summed E-state index contributed by atoms with van der Waals surface area (Å²) in [6.07, 6.45) is 8.19. The molecule has 78 heavy (non-hydrogen) atoms. The topological polar surface area (TPSA) is 66.0 Å². The summed E-state index contributed by atoms with van der Waals surface area (Å²) in [4.78, 5) is 0. The van der Waals surface area contributed by atoms with Crippen molar-refractivity contribution in [3.8, 4) is 23.6 Å². The first kappa shape index (κ1) is 51.0. The van der Waals surface area contributed by atoms with Crippen LogP contribution in [0.5, 0.6) is 11.5 Å². The van der Waals surface area contributed by atoms with E-state index in [1.807, 2.05) is 72.8 Å². The number of hydrogen-bond donors (Lipinski definition) is 0. The van der Waals surface area contributed by atoms with Gasteiger partial charge in [-0.3, -0.25) is 0 Å². The number of nitrogens with zero attached hydrogens (tertiary/aromatic N) is 2. The normalized spacial score (nSPS) is 12.2. The van der Waals surface area contributed by atoms with Gasteiger partial charge in [-0.15, -0.1) is 0 Å². The summed E-state index contributed by atoms with van der Waals surface area (Å²) in [5, 5.41) is 20.3. The molecule has 0 aliphatic heterocycles. The van der Waals surface area contributed by atoms with E-state index in [0.717, 1.165) is 112 Å². The summed E-state index contributed by atoms with van der Waals surface area (Å²) < 4.78 is 10.7. The lowest BCUT2D eigenvalue weighted by molar-refractivity contribution is 0.414. The van der Waals surface area contributed by atoms with Crippen LogP contribution in [0.4, 0.5) is 0 Å². The maximum atomic E-state index is 10.1. The SMILES string of the molecule is COc1ccc(/C(C#N)=C/c2ccc(/C(=C(\c3ccccc3)c3ccc(/C=C/c4ccc(/C(=C(\c5ccccc5)c5ccc(/C=C(\C#N)c6ccc(OC)cc6)cc5)c5ccccc5)cc4)cc3)c3ccccc3)cc2)cc1. The van der Waals surface area contributed by atoms with Gasteiger partial charge in [-0.2, -0.15) is 10.5 Å². The molecule has 0 heterocycles. The molecule has 372 valence electrons. The van der Waals surface area contributed by atoms with Crippen molar-refractivity contribution in [1.29, 1.82) is 10.5 Å². The predicted molar refractivity (Wildman–Crippen MR) is 323 cm³/mol. The van der Waals surface area contributed by atoms with Gasteiger partial charge in [-0.25, -0.2) is 0 Å². The van der Waals surface area contributed by atoms with Crippen molar-refractivity contribution >= 4 is 57.7 Å². The molecular weight excluding hydrogens is 949 g/mol. The lowest BCUT2D eigenvalue weighted by Gasteiger charge is -2.18. The summed E-state index contributed by atoms with van der Waals surface area (Å²) in [6, 6.07) is 96.7. The van der Waals surface area contributed by atoms with Crippen molar-refractivity contribution in [3.63, 3.8) is 0 Å². The van der Waals surface area contributed by atoms with E-state index in [1.165, 1.54) is 0 Å². The Kier molecular flexibility index (Phi) is 16.1. The molecule has 0 fully saturated rings. The first-order valence-electron chi connectivity index (χ1n) is 25.8. The van der Waals surface area contributed by atoms with Crippen molar-refractivity contribution in [3.05, 3.63) is 345 Å². The Morgan fingerprint density at radius 2 is 0.487 bits per heavy atom. The summed E-state index contributed by atoms with van der Waals surface area (Å²) in [7, 11) is 3.27. The van der Waals surface area contributed by atoms with E-state index in [2.05, 4.69) is 231 Å². The van der Waals surface area contributed by atoms with E-state index in [4.69, 9.17) is 9.47 Å². The van der Waals surface area contributed by atoms with E-state index in [-0.39, 0.29) is 0 Å². The number of nitriles is 2. The van der Waals surface area contributed by atoms with Crippen LogP contribution in [0.2, 0.25) is 0 Å². The molecule has 4 nitrogen and oxygen atoms in total. The molecule has 0 spiro atoms. The van der Waals surface area contributed by atoms with Crippen LogP contribution in [0.3, 0.4) is 0 Å². The van der Waals surface area contributed by atoms with E-state index >= 15 is 0 Å². The quantitative estimate of drug-likeness (QED) is 0.0714. The highest BCUT2D eigenvalue weighted by Gasteiger charge is 2.19. The van der Waals surface area contributed by atoms with E-state index in [0.29, 0.717) is 11.1 Å². The lowest BCUT2D eigenvalue weighted by atomic mass is 9.85. The van der Waals surface area contributed by atoms with Gasteiger partial charge < -0.3 is 9.47 Å². The fraction of sp³-hybridized carbons (Fsp3) is 0.0270. The maximum absolute atomic E-state index is 10.1. The zero-order chi connectivity index (χ0) is 53.5. The van der Waals surface area contributed by atoms with Gasteiger partial charge in [0.05, 0.1) is 37.5 Å². The van der Waals surface area contributed by atoms with Crippen LogP contribution in [0.15, 0.2) is 267 Å². The van der Waals surface area contributed by atoms with Gasteiger partial charge in [0, 0.05) is 0 Å². The summed E-state index contributed by atoms with van der Waals surface area (Å²) in [6.45, 7) is 0. The lowest BCUT2D eigenvalue weighted by Crippen LogP contribution is -1.98. The number of hydrogen-bond acceptors (Lipinski definition) is 4. The Hall–Kier alpha value is -10.5. The average Bonchev–Trinajstić information content (AvgIpc) is 3.53. The molecule has 0 bridgehead atoms. The fourth-order valence-corrected chi connectivity index (χ4v) is 9.68. The van der Waals surface area contributed by atoms with E-state index < -0.39 is 0 Å². The Bertz CT molecular complexity index is 3620. The molecule has 0 saturated carbocycles. The molecule has 0 aromatic heterocycles. The summed E-state index contributed by atoms with van der Waals surface area (Å²) in [5.74, 6) is 1.50. The monoisotopic (exact) mass is 1000 g/mol. The second-order valence-electron chi connectivity index (χ2n) is 18.6. The molecule has 10 aromatic rings. The zero-order valence-electron chi connectivity index (χ0n) is 43.4. The number of ether oxygens (including phenoxy) is 2. The van der Waals surface area contributed by atoms with Gasteiger partial charge >= 0.3 is 0 Å². The molecule has 4 heteroatoms. The fourth-order valence-electron chi connectivity index (χ4n) is 9.68. The van der Waals surface area contributed by atoms with Crippen LogP contribution in [-0.2, 0) is 0 Å². The van der Waals surface area contributed by atoms with Crippen LogP contribution in [0.1, 0.15) is 77.9 Å². The number of rotatable bonds is 16. The van der Waals surface area contributed by atoms with Gasteiger partial charge in [0.15, 0.2) is 0 Å². The average molecular weight is 1000 g/mol. The minimum absolute atomic E-state index is 0.578. The minimum atomic E-state index is 0.578. The molecule has 0 atom stereocenters. The van der Waals surface area contributed by atoms with Gasteiger partial charge in [0.25, 0.3) is 0 Å². The van der Waals surface area contributed by atoms with Crippen LogP contribution in [-0.4, -0.2) is 14.2 Å². The highest BCUT2D eigenvalue weighted by molar-refractivity contribution is 6.06. The van der Waals surface area contributed by atoms with Crippen molar-refractivity contribution in [2.24, 2.45) is 0 Å². The molecule has 10 aromatic carbocycles. The molecule has 0 N–H and O–H groups in total. The largest absolute Gasteiger partial charge is 0.497 e. The number of methoxy groups -OCH3 is 2. The van der Waals surface area contributed by atoms with Crippen LogP contribution < -0.4 is 9.47 Å². The smallest absolute Gasteiger partial charge is 0.118 e. The van der Waals surface area contributed by atoms with Crippen LogP contribution in [0, 0.1) is 22.7 Å². The minimum Gasteiger partial charge on any atom is -0.497 e. The van der Waals surface area contributed by atoms with Gasteiger partial charge in [0.2, 0.25) is 0 Å². The van der Waals surface area contributed by atoms with Crippen molar-refractivity contribution in [2.45, 2.75) is 0 Å². The third-order valence-electron chi connectivity index (χ3n) is 13.7. The number of benzene rings is 10. The molecule has 0 saturated heterocycles. The van der Waals surface area contributed by atoms with Crippen LogP contribution in [0.25, 0.3) is 57.7 Å². The highest BCUT2D eigenvalue weighted by Crippen LogP contribution is 2.39. The van der Waals surface area contributed by atoms with E-state index in [1.54, 1.807) is 14.2 Å². The zero-order valence-corrected chi connectivity index (χ0v) is 43.4. The van der Waals surface area contributed by atoms with Crippen molar-refractivity contribution < 1.29 is 9.47 Å². The Labute approximate surface area is 458 Å². The highest BCUT2D eigenvalue weighted by atomic mass is 16.5. The third-order valence-corrected chi connectivity index (χ3v) is 13.7. The second-order valence-corrected chi connectivity index (χ2v) is 18.6. The molecule has 0 aliphatic carbocycles. The van der Waals surface area contributed by atoms with Gasteiger partial charge in [-0.1, -0.05) is 231 Å². The molecule has 0 amide bonds. The van der Waals surface area contributed by atoms with Gasteiger partial charge in [-0.05, 0) is 161 Å². The Morgan fingerprint density at radius 3 is 0.718 bits per heavy atom. The van der Waals surface area contributed by atoms with E-state index in [9.17, 15) is 10.5 Å². The molecular formula is C74H54N2O2. The van der Waals surface area contributed by atoms with Crippen molar-refractivity contribution in [1.82, 2.24) is 0 Å². The molecule has 0 radical (unpaired) electrons.